The van der Waals surface area contributed by atoms with Crippen LogP contribution in [0.2, 0.25) is 0 Å². The summed E-state index contributed by atoms with van der Waals surface area (Å²) >= 11 is 1.19. The molecule has 6 heteroatoms. The summed E-state index contributed by atoms with van der Waals surface area (Å²) in [5.41, 5.74) is 6.89. The van der Waals surface area contributed by atoms with Crippen molar-refractivity contribution in [3.8, 4) is 0 Å². The second-order valence-electron chi connectivity index (χ2n) is 4.59. The molecular weight excluding hydrogens is 289 g/mol. The number of hydrogen-bond donors (Lipinski definition) is 1. The van der Waals surface area contributed by atoms with Crippen LogP contribution in [0.5, 0.6) is 0 Å². The standard InChI is InChI=1S/C15H18FN3OS/c1-3-12-13(21-15(17)18-12)14(20)19(4-2)9-10-7-5-6-8-11(10)16/h5-8H,3-4,9H2,1-2H3,(H2,17,18). The van der Waals surface area contributed by atoms with Crippen molar-refractivity contribution in [3.05, 3.63) is 46.2 Å². The molecule has 4 nitrogen and oxygen atoms in total. The van der Waals surface area contributed by atoms with Crippen LogP contribution in [-0.4, -0.2) is 22.3 Å². The van der Waals surface area contributed by atoms with Crippen molar-refractivity contribution in [2.75, 3.05) is 12.3 Å². The van der Waals surface area contributed by atoms with E-state index in [1.54, 1.807) is 23.1 Å². The summed E-state index contributed by atoms with van der Waals surface area (Å²) in [5.74, 6) is -0.449. The van der Waals surface area contributed by atoms with Crippen molar-refractivity contribution in [2.45, 2.75) is 26.8 Å². The minimum absolute atomic E-state index is 0.146. The Bertz CT molecular complexity index is 642. The first-order valence-corrected chi connectivity index (χ1v) is 7.66. The van der Waals surface area contributed by atoms with E-state index >= 15 is 0 Å². The maximum atomic E-state index is 13.7. The first-order chi connectivity index (χ1) is 10.1. The molecule has 0 atom stereocenters. The summed E-state index contributed by atoms with van der Waals surface area (Å²) in [6.45, 7) is 4.53. The van der Waals surface area contributed by atoms with Crippen LogP contribution in [0.4, 0.5) is 9.52 Å². The first kappa shape index (κ1) is 15.4. The van der Waals surface area contributed by atoms with E-state index in [1.165, 1.54) is 17.4 Å². The highest BCUT2D eigenvalue weighted by Gasteiger charge is 2.22. The van der Waals surface area contributed by atoms with Crippen LogP contribution in [0.15, 0.2) is 24.3 Å². The van der Waals surface area contributed by atoms with Crippen molar-refractivity contribution >= 4 is 22.4 Å². The SMILES string of the molecule is CCc1nc(N)sc1C(=O)N(CC)Cc1ccccc1F. The Morgan fingerprint density at radius 3 is 2.71 bits per heavy atom. The molecule has 2 rings (SSSR count). The number of amides is 1. The number of carbonyl (C=O) groups excluding carboxylic acids is 1. The van der Waals surface area contributed by atoms with Crippen LogP contribution in [0.1, 0.15) is 34.8 Å². The fourth-order valence-corrected chi connectivity index (χ4v) is 2.97. The van der Waals surface area contributed by atoms with Crippen LogP contribution in [0, 0.1) is 5.82 Å². The number of thiazole rings is 1. The number of carbonyl (C=O) groups is 1. The fraction of sp³-hybridized carbons (Fsp3) is 0.333. The van der Waals surface area contributed by atoms with Crippen molar-refractivity contribution in [1.29, 1.82) is 0 Å². The summed E-state index contributed by atoms with van der Waals surface area (Å²) in [6.07, 6.45) is 0.645. The maximum Gasteiger partial charge on any atom is 0.266 e. The fourth-order valence-electron chi connectivity index (χ4n) is 2.08. The van der Waals surface area contributed by atoms with Gasteiger partial charge in [0.1, 0.15) is 10.7 Å². The van der Waals surface area contributed by atoms with E-state index in [0.29, 0.717) is 34.2 Å². The lowest BCUT2D eigenvalue weighted by Gasteiger charge is -2.21. The lowest BCUT2D eigenvalue weighted by atomic mass is 10.2. The number of nitrogens with two attached hydrogens (primary N) is 1. The Balaban J connectivity index is 2.25. The highest BCUT2D eigenvalue weighted by molar-refractivity contribution is 7.17. The molecule has 0 fully saturated rings. The Morgan fingerprint density at radius 1 is 1.38 bits per heavy atom. The van der Waals surface area contributed by atoms with Gasteiger partial charge in [-0.2, -0.15) is 0 Å². The minimum atomic E-state index is -0.303. The number of rotatable bonds is 5. The molecule has 0 bridgehead atoms. The van der Waals surface area contributed by atoms with Gasteiger partial charge in [0.25, 0.3) is 5.91 Å². The number of halogens is 1. The second-order valence-corrected chi connectivity index (χ2v) is 5.62. The normalized spacial score (nSPS) is 10.6. The molecule has 0 aliphatic carbocycles. The van der Waals surface area contributed by atoms with E-state index in [4.69, 9.17) is 5.73 Å². The lowest BCUT2D eigenvalue weighted by molar-refractivity contribution is 0.0754. The number of aromatic nitrogens is 1. The van der Waals surface area contributed by atoms with Gasteiger partial charge in [-0.05, 0) is 19.4 Å². The van der Waals surface area contributed by atoms with Crippen molar-refractivity contribution < 1.29 is 9.18 Å². The van der Waals surface area contributed by atoms with Crippen LogP contribution >= 0.6 is 11.3 Å². The lowest BCUT2D eigenvalue weighted by Crippen LogP contribution is -2.30. The molecule has 0 aliphatic heterocycles. The molecule has 0 saturated carbocycles. The third kappa shape index (κ3) is 3.39. The molecule has 0 aliphatic rings. The van der Waals surface area contributed by atoms with Crippen molar-refractivity contribution in [3.63, 3.8) is 0 Å². The molecular formula is C15H18FN3OS. The predicted molar refractivity (Wildman–Crippen MR) is 82.7 cm³/mol. The van der Waals surface area contributed by atoms with Crippen LogP contribution in [0.3, 0.4) is 0 Å². The van der Waals surface area contributed by atoms with Crippen molar-refractivity contribution in [2.24, 2.45) is 0 Å². The summed E-state index contributed by atoms with van der Waals surface area (Å²) in [6, 6.07) is 6.48. The van der Waals surface area contributed by atoms with Gasteiger partial charge in [-0.3, -0.25) is 4.79 Å². The predicted octanol–water partition coefficient (Wildman–Crippen LogP) is 3.09. The van der Waals surface area contributed by atoms with Gasteiger partial charge < -0.3 is 10.6 Å². The number of benzene rings is 1. The van der Waals surface area contributed by atoms with E-state index in [0.717, 1.165) is 0 Å². The van der Waals surface area contributed by atoms with Gasteiger partial charge in [0.05, 0.1) is 5.69 Å². The Kier molecular flexibility index (Phi) is 4.90. The van der Waals surface area contributed by atoms with Crippen molar-refractivity contribution in [1.82, 2.24) is 9.88 Å². The minimum Gasteiger partial charge on any atom is -0.375 e. The number of nitrogen functional groups attached to an aromatic ring is 1. The van der Waals surface area contributed by atoms with Gasteiger partial charge >= 0.3 is 0 Å². The van der Waals surface area contributed by atoms with E-state index in [1.807, 2.05) is 13.8 Å². The number of nitrogens with zero attached hydrogens (tertiary/aromatic N) is 2. The highest BCUT2D eigenvalue weighted by Crippen LogP contribution is 2.23. The second kappa shape index (κ2) is 6.67. The van der Waals surface area contributed by atoms with Gasteiger partial charge in [0.15, 0.2) is 5.13 Å². The zero-order valence-electron chi connectivity index (χ0n) is 12.1. The van der Waals surface area contributed by atoms with E-state index < -0.39 is 0 Å². The average Bonchev–Trinajstić information content (AvgIpc) is 2.87. The van der Waals surface area contributed by atoms with E-state index in [2.05, 4.69) is 4.98 Å². The molecule has 1 aromatic carbocycles. The monoisotopic (exact) mass is 307 g/mol. The first-order valence-electron chi connectivity index (χ1n) is 6.84. The summed E-state index contributed by atoms with van der Waals surface area (Å²) in [5, 5.41) is 0.386. The number of hydrogen-bond acceptors (Lipinski definition) is 4. The Hall–Kier alpha value is -1.95. The smallest absolute Gasteiger partial charge is 0.266 e. The van der Waals surface area contributed by atoms with Gasteiger partial charge in [-0.25, -0.2) is 9.37 Å². The molecule has 1 aromatic heterocycles. The van der Waals surface area contributed by atoms with E-state index in [-0.39, 0.29) is 18.3 Å². The Labute approximate surface area is 127 Å². The summed E-state index contributed by atoms with van der Waals surface area (Å²) in [7, 11) is 0. The van der Waals surface area contributed by atoms with E-state index in [9.17, 15) is 9.18 Å². The van der Waals surface area contributed by atoms with Crippen LogP contribution < -0.4 is 5.73 Å². The number of anilines is 1. The molecule has 2 N–H and O–H groups in total. The molecule has 0 radical (unpaired) electrons. The molecule has 0 spiro atoms. The van der Waals surface area contributed by atoms with Gasteiger partial charge in [0.2, 0.25) is 0 Å². The Morgan fingerprint density at radius 2 is 2.10 bits per heavy atom. The third-order valence-corrected chi connectivity index (χ3v) is 4.15. The molecule has 0 saturated heterocycles. The van der Waals surface area contributed by atoms with Gasteiger partial charge in [-0.15, -0.1) is 0 Å². The zero-order valence-corrected chi connectivity index (χ0v) is 12.9. The topological polar surface area (TPSA) is 59.2 Å². The van der Waals surface area contributed by atoms with Crippen LogP contribution in [0.25, 0.3) is 0 Å². The molecule has 0 unspecified atom stereocenters. The number of aryl methyl sites for hydroxylation is 1. The summed E-state index contributed by atoms with van der Waals surface area (Å²) < 4.78 is 13.7. The maximum absolute atomic E-state index is 13.7. The molecule has 21 heavy (non-hydrogen) atoms. The molecule has 112 valence electrons. The highest BCUT2D eigenvalue weighted by atomic mass is 32.1. The largest absolute Gasteiger partial charge is 0.375 e. The zero-order chi connectivity index (χ0) is 15.4. The van der Waals surface area contributed by atoms with Crippen LogP contribution in [-0.2, 0) is 13.0 Å². The van der Waals surface area contributed by atoms with Gasteiger partial charge in [-0.1, -0.05) is 36.5 Å². The molecule has 1 heterocycles. The quantitative estimate of drug-likeness (QED) is 0.923. The van der Waals surface area contributed by atoms with Gasteiger partial charge in [0, 0.05) is 18.7 Å². The molecule has 2 aromatic rings. The average molecular weight is 307 g/mol. The summed E-state index contributed by atoms with van der Waals surface area (Å²) in [4.78, 5) is 18.9. The molecule has 1 amide bonds. The third-order valence-electron chi connectivity index (χ3n) is 3.23.